The van der Waals surface area contributed by atoms with E-state index < -0.39 is 53.1 Å². The van der Waals surface area contributed by atoms with Crippen molar-refractivity contribution in [2.45, 2.75) is 211 Å². The Bertz CT molecular complexity index is 3810. The Morgan fingerprint density at radius 3 is 1.69 bits per heavy atom. The summed E-state index contributed by atoms with van der Waals surface area (Å²) >= 11 is 0. The van der Waals surface area contributed by atoms with Gasteiger partial charge in [0.15, 0.2) is 6.61 Å². The van der Waals surface area contributed by atoms with Gasteiger partial charge < -0.3 is 59.7 Å². The molecular formula is C77H105N11O14. The summed E-state index contributed by atoms with van der Waals surface area (Å²) in [5.41, 5.74) is 14.9. The SMILES string of the molecule is CCCCCCCCC(=O)Nc1ccc2c(c1)C1(CCC(=O)NCCOCCOCCN(C)C(=O)[C@@H]3C[C@H](N=[N+]=[N-])CN3C(=O)COc3ccc4c(=O)oc(=O)n(C)c4c3)c3cc(NC(=O)CCCCCCCC)ccc3C2c2ccc(NC(=O)CCCCCCCNC(=O)OC(C)(C)C)cc21. The van der Waals surface area contributed by atoms with Gasteiger partial charge in [-0.3, -0.25) is 33.3 Å². The minimum Gasteiger partial charge on any atom is -0.484 e. The smallest absolute Gasteiger partial charge is 0.422 e. The summed E-state index contributed by atoms with van der Waals surface area (Å²) in [6.45, 7) is 10.9. The van der Waals surface area contributed by atoms with Crippen molar-refractivity contribution in [3.8, 4) is 5.75 Å². The van der Waals surface area contributed by atoms with Crippen LogP contribution in [0.15, 0.2) is 91.9 Å². The number of rotatable bonds is 42. The summed E-state index contributed by atoms with van der Waals surface area (Å²) in [4.78, 5) is 125. The number of likely N-dealkylation sites (N-methyl/N-ethyl adjacent to an activating group) is 1. The average molecular weight is 1410 g/mol. The van der Waals surface area contributed by atoms with Crippen LogP contribution in [0.1, 0.15) is 222 Å². The molecule has 5 N–H and O–H groups in total. The Balaban J connectivity index is 0.907. The van der Waals surface area contributed by atoms with Gasteiger partial charge in [0.25, 0.3) is 5.91 Å². The molecule has 3 aliphatic carbocycles. The Morgan fingerprint density at radius 2 is 1.16 bits per heavy atom. The number of aromatic nitrogens is 1. The van der Waals surface area contributed by atoms with Gasteiger partial charge in [0.05, 0.1) is 43.4 Å². The first kappa shape index (κ1) is 78.7. The van der Waals surface area contributed by atoms with Crippen LogP contribution in [-0.2, 0) is 55.4 Å². The molecule has 1 fully saturated rings. The third-order valence-corrected chi connectivity index (χ3v) is 19.2. The van der Waals surface area contributed by atoms with Crippen molar-refractivity contribution in [2.75, 3.05) is 82.2 Å². The van der Waals surface area contributed by atoms with Crippen LogP contribution in [0.2, 0.25) is 0 Å². The zero-order valence-corrected chi connectivity index (χ0v) is 60.7. The summed E-state index contributed by atoms with van der Waals surface area (Å²) in [7, 11) is 3.02. The van der Waals surface area contributed by atoms with E-state index in [2.05, 4.69) is 80.8 Å². The number of hydrogen-bond donors (Lipinski definition) is 5. The maximum absolute atomic E-state index is 14.3. The van der Waals surface area contributed by atoms with E-state index in [1.165, 1.54) is 47.9 Å². The Labute approximate surface area is 597 Å². The van der Waals surface area contributed by atoms with Crippen LogP contribution in [0.5, 0.6) is 5.75 Å². The first-order chi connectivity index (χ1) is 49.1. The quantitative estimate of drug-likeness (QED) is 0.0105. The van der Waals surface area contributed by atoms with Gasteiger partial charge in [0.2, 0.25) is 29.5 Å². The monoisotopic (exact) mass is 1410 g/mol. The van der Waals surface area contributed by atoms with Gasteiger partial charge in [-0.1, -0.05) is 121 Å². The number of hydrogen-bond acceptors (Lipinski definition) is 15. The maximum Gasteiger partial charge on any atom is 0.422 e. The van der Waals surface area contributed by atoms with Crippen molar-refractivity contribution in [1.29, 1.82) is 0 Å². The lowest BCUT2D eigenvalue weighted by Crippen LogP contribution is -2.48. The molecule has 2 bridgehead atoms. The summed E-state index contributed by atoms with van der Waals surface area (Å²) in [5.74, 6) is -2.30. The lowest BCUT2D eigenvalue weighted by molar-refractivity contribution is -0.144. The standard InChI is InChI=1S/C77H105N11O14/c1-8-10-12-14-17-21-25-67(90)81-52-28-32-57-61(45-52)77(37-36-66(89)79-39-41-98-43-44-99-42-40-86(6)72(94)65-48-55(84-85-78)50-88(65)70(93)51-100-56-31-35-60-64(49-56)87(7)75(97)101-73(60)95)62-46-53(82-68(91)26-22-18-15-13-11-9-2)29-33-58(62)71(57)59-34-30-54(47-63(59)77)83-69(92)27-23-19-16-20-24-38-80-74(96)102-76(3,4)5/h28-35,45-47,49,55,65,71H,8-27,36-44,48,50-51H2,1-7H3,(H,79,89)(H,80,96)(H,81,90)(H,82,91)(H,83,92)/t55-,65-,71?,77?/m0/s1. The number of carbonyl (C=O) groups excluding carboxylic acids is 7. The molecule has 5 aromatic rings. The highest BCUT2D eigenvalue weighted by Crippen LogP contribution is 2.62. The molecule has 4 aliphatic rings. The van der Waals surface area contributed by atoms with E-state index >= 15 is 0 Å². The fourth-order valence-electron chi connectivity index (χ4n) is 14.0. The molecule has 7 amide bonds. The Hall–Kier alpha value is -9.06. The van der Waals surface area contributed by atoms with E-state index in [1.54, 1.807) is 7.05 Å². The zero-order chi connectivity index (χ0) is 73.2. The number of benzene rings is 4. The highest BCUT2D eigenvalue weighted by molar-refractivity contribution is 5.94. The van der Waals surface area contributed by atoms with Crippen LogP contribution in [0.4, 0.5) is 21.9 Å². The molecule has 1 aliphatic heterocycles. The number of aryl methyl sites for hydroxylation is 1. The minimum atomic E-state index is -0.998. The molecular weight excluding hydrogens is 1300 g/mol. The summed E-state index contributed by atoms with van der Waals surface area (Å²) in [6.07, 6.45) is 17.8. The fourth-order valence-corrected chi connectivity index (χ4v) is 14.0. The molecule has 25 heteroatoms. The fraction of sp³-hybridized carbons (Fsp3) is 0.571. The molecule has 0 saturated carbocycles. The number of likely N-dealkylation sites (tertiary alicyclic amines) is 1. The van der Waals surface area contributed by atoms with Crippen molar-refractivity contribution >= 4 is 69.5 Å². The Kier molecular flexibility index (Phi) is 29.9. The van der Waals surface area contributed by atoms with Gasteiger partial charge in [-0.15, -0.1) is 0 Å². The predicted octanol–water partition coefficient (Wildman–Crippen LogP) is 12.6. The van der Waals surface area contributed by atoms with Crippen molar-refractivity contribution in [3.05, 3.63) is 138 Å². The van der Waals surface area contributed by atoms with E-state index in [-0.39, 0.29) is 117 Å². The van der Waals surface area contributed by atoms with Crippen LogP contribution in [0, 0.1) is 0 Å². The van der Waals surface area contributed by atoms with Crippen LogP contribution >= 0.6 is 0 Å². The number of fused-ring (bicyclic) bond motifs is 1. The van der Waals surface area contributed by atoms with E-state index in [0.29, 0.717) is 49.3 Å². The molecule has 102 heavy (non-hydrogen) atoms. The van der Waals surface area contributed by atoms with Crippen molar-refractivity contribution < 1.29 is 56.9 Å². The molecule has 25 nitrogen and oxygen atoms in total. The number of ether oxygens (including phenoxy) is 4. The molecule has 0 unspecified atom stereocenters. The van der Waals surface area contributed by atoms with Crippen LogP contribution in [0.25, 0.3) is 21.3 Å². The molecule has 0 radical (unpaired) electrons. The lowest BCUT2D eigenvalue weighted by Gasteiger charge is -2.51. The molecule has 1 saturated heterocycles. The second kappa shape index (κ2) is 38.8. The minimum absolute atomic E-state index is 0.00517. The summed E-state index contributed by atoms with van der Waals surface area (Å²) < 4.78 is 28.7. The predicted molar refractivity (Wildman–Crippen MR) is 392 cm³/mol. The largest absolute Gasteiger partial charge is 0.484 e. The van der Waals surface area contributed by atoms with Gasteiger partial charge >= 0.3 is 17.5 Å². The summed E-state index contributed by atoms with van der Waals surface area (Å²) in [6, 6.07) is 21.0. The molecule has 552 valence electrons. The van der Waals surface area contributed by atoms with Crippen LogP contribution < -0.4 is 42.7 Å². The number of carbonyl (C=O) groups is 7. The maximum atomic E-state index is 14.3. The number of nitrogens with zero attached hydrogens (tertiary/aromatic N) is 6. The molecule has 2 heterocycles. The molecule has 4 aromatic carbocycles. The number of nitrogens with one attached hydrogen (secondary N) is 5. The molecule has 2 atom stereocenters. The second-order valence-electron chi connectivity index (χ2n) is 28.0. The second-order valence-corrected chi connectivity index (χ2v) is 28.0. The van der Waals surface area contributed by atoms with Gasteiger partial charge in [-0.2, -0.15) is 0 Å². The van der Waals surface area contributed by atoms with Gasteiger partial charge in [-0.25, -0.2) is 14.4 Å². The van der Waals surface area contributed by atoms with Crippen LogP contribution in [-0.4, -0.2) is 140 Å². The molecule has 0 spiro atoms. The first-order valence-corrected chi connectivity index (χ1v) is 36.7. The Morgan fingerprint density at radius 1 is 0.637 bits per heavy atom. The van der Waals surface area contributed by atoms with E-state index in [0.717, 1.165) is 128 Å². The van der Waals surface area contributed by atoms with Gasteiger partial charge in [0.1, 0.15) is 17.4 Å². The number of azide groups is 1. The van der Waals surface area contributed by atoms with E-state index in [9.17, 15) is 48.7 Å². The van der Waals surface area contributed by atoms with E-state index in [1.807, 2.05) is 45.0 Å². The topological polar surface area (TPSA) is 324 Å². The van der Waals surface area contributed by atoms with Gasteiger partial charge in [0, 0.05) is 105 Å². The highest BCUT2D eigenvalue weighted by Gasteiger charge is 2.52. The number of alkyl carbamates (subject to hydrolysis) is 1. The molecule has 9 rings (SSSR count). The number of amides is 7. The first-order valence-electron chi connectivity index (χ1n) is 36.7. The summed E-state index contributed by atoms with van der Waals surface area (Å²) in [5, 5.41) is 19.4. The lowest BCUT2D eigenvalue weighted by atomic mass is 9.51. The third-order valence-electron chi connectivity index (χ3n) is 19.2. The average Bonchev–Trinajstić information content (AvgIpc) is 0.710. The molecule has 1 aromatic heterocycles. The normalized spacial score (nSPS) is 16.3. The van der Waals surface area contributed by atoms with Crippen LogP contribution in [0.3, 0.4) is 0 Å². The third kappa shape index (κ3) is 22.0. The zero-order valence-electron chi connectivity index (χ0n) is 60.7. The van der Waals surface area contributed by atoms with Crippen molar-refractivity contribution in [3.63, 3.8) is 0 Å². The number of anilines is 3. The van der Waals surface area contributed by atoms with Gasteiger partial charge in [-0.05, 0) is 147 Å². The number of unbranched alkanes of at least 4 members (excludes halogenated alkanes) is 14. The highest BCUT2D eigenvalue weighted by atomic mass is 16.6. The van der Waals surface area contributed by atoms with Crippen molar-refractivity contribution in [2.24, 2.45) is 12.2 Å². The van der Waals surface area contributed by atoms with E-state index in [4.69, 9.17) is 23.4 Å². The van der Waals surface area contributed by atoms with Crippen molar-refractivity contribution in [1.82, 2.24) is 25.0 Å².